The van der Waals surface area contributed by atoms with E-state index in [1.165, 1.54) is 12.3 Å². The standard InChI is InChI=1S/C22H21ClF3N7O2/c23-11-6-13-14(9-28-18(13)27-8-11)19-31-15(20(34)30-12-3-4-12)7-17(32-19)33-5-1-2-16(33)21(35)29-10-22(24,25)26/h6-9,12,16H,1-5,10H2,(H,27,28)(H,29,35)(H,30,34)/t16-/m1/s1. The van der Waals surface area contributed by atoms with Gasteiger partial charge in [-0.15, -0.1) is 0 Å². The normalized spacial score (nSPS) is 18.2. The maximum Gasteiger partial charge on any atom is 0.405 e. The van der Waals surface area contributed by atoms with Crippen molar-refractivity contribution >= 4 is 40.3 Å². The number of hydrogen-bond donors (Lipinski definition) is 3. The van der Waals surface area contributed by atoms with Crippen molar-refractivity contribution in [3.63, 3.8) is 0 Å². The lowest BCUT2D eigenvalue weighted by Crippen LogP contribution is -2.46. The topological polar surface area (TPSA) is 116 Å². The summed E-state index contributed by atoms with van der Waals surface area (Å²) in [6, 6.07) is 2.40. The number of aromatic nitrogens is 4. The Morgan fingerprint density at radius 1 is 1.20 bits per heavy atom. The maximum atomic E-state index is 12.9. The largest absolute Gasteiger partial charge is 0.405 e. The second-order valence-corrected chi connectivity index (χ2v) is 9.06. The number of rotatable bonds is 6. The molecule has 3 aromatic heterocycles. The van der Waals surface area contributed by atoms with E-state index in [1.807, 2.05) is 5.32 Å². The highest BCUT2D eigenvalue weighted by atomic mass is 35.5. The van der Waals surface area contributed by atoms with E-state index in [0.29, 0.717) is 41.0 Å². The predicted octanol–water partition coefficient (Wildman–Crippen LogP) is 3.21. The number of aromatic amines is 1. The van der Waals surface area contributed by atoms with Gasteiger partial charge in [0, 0.05) is 42.0 Å². The molecule has 1 saturated carbocycles. The van der Waals surface area contributed by atoms with E-state index in [9.17, 15) is 22.8 Å². The van der Waals surface area contributed by atoms with Crippen LogP contribution in [0.2, 0.25) is 5.02 Å². The molecule has 0 bridgehead atoms. The quantitative estimate of drug-likeness (QED) is 0.472. The number of pyridine rings is 1. The molecule has 2 aliphatic rings. The van der Waals surface area contributed by atoms with E-state index in [1.54, 1.807) is 17.2 Å². The lowest BCUT2D eigenvalue weighted by atomic mass is 10.2. The summed E-state index contributed by atoms with van der Waals surface area (Å²) >= 11 is 6.12. The molecule has 9 nitrogen and oxygen atoms in total. The number of nitrogens with one attached hydrogen (secondary N) is 3. The molecule has 0 aromatic carbocycles. The van der Waals surface area contributed by atoms with Gasteiger partial charge in [-0.25, -0.2) is 15.0 Å². The Bertz CT molecular complexity index is 1290. The number of halogens is 4. The third kappa shape index (κ3) is 5.16. The molecule has 1 atom stereocenters. The van der Waals surface area contributed by atoms with E-state index >= 15 is 0 Å². The van der Waals surface area contributed by atoms with Crippen molar-refractivity contribution in [3.05, 3.63) is 35.2 Å². The van der Waals surface area contributed by atoms with Gasteiger partial charge in [0.05, 0.1) is 5.02 Å². The van der Waals surface area contributed by atoms with Gasteiger partial charge in [-0.1, -0.05) is 11.6 Å². The minimum atomic E-state index is -4.51. The summed E-state index contributed by atoms with van der Waals surface area (Å²) in [5.41, 5.74) is 1.20. The van der Waals surface area contributed by atoms with Gasteiger partial charge in [0.25, 0.3) is 5.91 Å². The number of fused-ring (bicyclic) bond motifs is 1. The Morgan fingerprint density at radius 3 is 2.74 bits per heavy atom. The van der Waals surface area contributed by atoms with Crippen LogP contribution in [0.15, 0.2) is 24.5 Å². The van der Waals surface area contributed by atoms with Crippen molar-refractivity contribution in [1.82, 2.24) is 30.6 Å². The van der Waals surface area contributed by atoms with Gasteiger partial charge < -0.3 is 20.5 Å². The third-order valence-electron chi connectivity index (χ3n) is 5.91. The monoisotopic (exact) mass is 507 g/mol. The molecule has 1 saturated heterocycles. The van der Waals surface area contributed by atoms with Gasteiger partial charge in [-0.3, -0.25) is 9.59 Å². The lowest BCUT2D eigenvalue weighted by molar-refractivity contribution is -0.139. The minimum Gasteiger partial charge on any atom is -0.348 e. The van der Waals surface area contributed by atoms with Crippen LogP contribution in [0.4, 0.5) is 19.0 Å². The second-order valence-electron chi connectivity index (χ2n) is 8.62. The SMILES string of the molecule is O=C(NC1CC1)c1cc(N2CCC[C@@H]2C(=O)NCC(F)(F)F)nc(-c2c[nH]c3ncc(Cl)cc23)n1. The molecule has 1 aliphatic carbocycles. The minimum absolute atomic E-state index is 0.0909. The van der Waals surface area contributed by atoms with E-state index in [4.69, 9.17) is 11.6 Å². The molecule has 2 fully saturated rings. The zero-order valence-electron chi connectivity index (χ0n) is 18.3. The fourth-order valence-corrected chi connectivity index (χ4v) is 4.24. The molecule has 3 aromatic rings. The Balaban J connectivity index is 1.52. The first-order chi connectivity index (χ1) is 16.7. The number of carbonyl (C=O) groups excluding carboxylic acids is 2. The van der Waals surface area contributed by atoms with E-state index in [0.717, 1.165) is 12.8 Å². The first-order valence-electron chi connectivity index (χ1n) is 11.1. The van der Waals surface area contributed by atoms with Gasteiger partial charge in [0.1, 0.15) is 29.7 Å². The van der Waals surface area contributed by atoms with Crippen LogP contribution in [0.5, 0.6) is 0 Å². The molecule has 5 rings (SSSR count). The van der Waals surface area contributed by atoms with Crippen molar-refractivity contribution in [2.75, 3.05) is 18.0 Å². The molecular weight excluding hydrogens is 487 g/mol. The molecule has 2 amide bonds. The summed E-state index contributed by atoms with van der Waals surface area (Å²) < 4.78 is 37.9. The molecular formula is C22H21ClF3N7O2. The van der Waals surface area contributed by atoms with Crippen LogP contribution >= 0.6 is 11.6 Å². The van der Waals surface area contributed by atoms with E-state index in [2.05, 4.69) is 25.3 Å². The molecule has 4 heterocycles. The van der Waals surface area contributed by atoms with Crippen LogP contribution < -0.4 is 15.5 Å². The van der Waals surface area contributed by atoms with E-state index in [-0.39, 0.29) is 29.3 Å². The highest BCUT2D eigenvalue weighted by molar-refractivity contribution is 6.31. The molecule has 1 aliphatic heterocycles. The predicted molar refractivity (Wildman–Crippen MR) is 122 cm³/mol. The van der Waals surface area contributed by atoms with Gasteiger partial charge >= 0.3 is 6.18 Å². The molecule has 0 spiro atoms. The van der Waals surface area contributed by atoms with E-state index < -0.39 is 24.7 Å². The smallest absolute Gasteiger partial charge is 0.348 e. The Morgan fingerprint density at radius 2 is 2.00 bits per heavy atom. The Kier molecular flexibility index (Phi) is 5.99. The van der Waals surface area contributed by atoms with Crippen LogP contribution in [0.3, 0.4) is 0 Å². The van der Waals surface area contributed by atoms with Gasteiger partial charge in [-0.05, 0) is 31.7 Å². The Hall–Kier alpha value is -3.41. The van der Waals surface area contributed by atoms with Crippen LogP contribution in [0.1, 0.15) is 36.2 Å². The molecule has 184 valence electrons. The molecule has 35 heavy (non-hydrogen) atoms. The second kappa shape index (κ2) is 8.99. The number of anilines is 1. The van der Waals surface area contributed by atoms with Gasteiger partial charge in [0.15, 0.2) is 5.82 Å². The number of amides is 2. The number of H-pyrrole nitrogens is 1. The number of carbonyl (C=O) groups is 2. The molecule has 13 heteroatoms. The maximum absolute atomic E-state index is 12.9. The van der Waals surface area contributed by atoms with Crippen molar-refractivity contribution in [1.29, 1.82) is 0 Å². The zero-order chi connectivity index (χ0) is 24.7. The summed E-state index contributed by atoms with van der Waals surface area (Å²) in [4.78, 5) is 43.4. The average molecular weight is 508 g/mol. The van der Waals surface area contributed by atoms with Crippen molar-refractivity contribution in [2.45, 2.75) is 43.9 Å². The van der Waals surface area contributed by atoms with Gasteiger partial charge in [0.2, 0.25) is 5.91 Å². The molecule has 0 unspecified atom stereocenters. The summed E-state index contributed by atoms with van der Waals surface area (Å²) in [6.45, 7) is -1.02. The fraction of sp³-hybridized carbons (Fsp3) is 0.409. The highest BCUT2D eigenvalue weighted by Crippen LogP contribution is 2.31. The van der Waals surface area contributed by atoms with Crippen LogP contribution in [0.25, 0.3) is 22.4 Å². The summed E-state index contributed by atoms with van der Waals surface area (Å²) in [5, 5.41) is 5.88. The number of nitrogens with zero attached hydrogens (tertiary/aromatic N) is 4. The summed E-state index contributed by atoms with van der Waals surface area (Å²) in [5.74, 6) is -0.636. The summed E-state index contributed by atoms with van der Waals surface area (Å²) in [7, 11) is 0. The first-order valence-corrected chi connectivity index (χ1v) is 11.5. The lowest BCUT2D eigenvalue weighted by Gasteiger charge is -2.25. The fourth-order valence-electron chi connectivity index (χ4n) is 4.09. The molecule has 3 N–H and O–H groups in total. The van der Waals surface area contributed by atoms with Crippen LogP contribution in [-0.4, -0.2) is 63.1 Å². The third-order valence-corrected chi connectivity index (χ3v) is 6.12. The van der Waals surface area contributed by atoms with Crippen molar-refractivity contribution in [3.8, 4) is 11.4 Å². The van der Waals surface area contributed by atoms with Gasteiger partial charge in [-0.2, -0.15) is 13.2 Å². The zero-order valence-corrected chi connectivity index (χ0v) is 19.1. The van der Waals surface area contributed by atoms with Crippen molar-refractivity contribution in [2.24, 2.45) is 0 Å². The average Bonchev–Trinajstić information content (AvgIpc) is 3.32. The van der Waals surface area contributed by atoms with Crippen molar-refractivity contribution < 1.29 is 22.8 Å². The summed E-state index contributed by atoms with van der Waals surface area (Å²) in [6.07, 6.45) is 1.34. The number of hydrogen-bond acceptors (Lipinski definition) is 6. The van der Waals surface area contributed by atoms with Crippen LogP contribution in [-0.2, 0) is 4.79 Å². The highest BCUT2D eigenvalue weighted by Gasteiger charge is 2.35. The Labute approximate surface area is 202 Å². The van der Waals surface area contributed by atoms with Crippen LogP contribution in [0, 0.1) is 0 Å². The first kappa shape index (κ1) is 23.3. The molecule has 0 radical (unpaired) electrons. The number of alkyl halides is 3.